The summed E-state index contributed by atoms with van der Waals surface area (Å²) in [6, 6.07) is 9.19. The van der Waals surface area contributed by atoms with Gasteiger partial charge in [0.2, 0.25) is 5.91 Å². The molecule has 1 amide bonds. The summed E-state index contributed by atoms with van der Waals surface area (Å²) in [5.74, 6) is -0.242. The average Bonchev–Trinajstić information content (AvgIpc) is 3.63. The van der Waals surface area contributed by atoms with E-state index in [4.69, 9.17) is 0 Å². The number of fused-ring (bicyclic) bond motifs is 2. The number of halogens is 1. The third kappa shape index (κ3) is 4.25. The lowest BCUT2D eigenvalue weighted by atomic mass is 9.88. The minimum Gasteiger partial charge on any atom is -0.335 e. The molecule has 0 aliphatic heterocycles. The second-order valence-corrected chi connectivity index (χ2v) is 9.93. The first kappa shape index (κ1) is 24.0. The summed E-state index contributed by atoms with van der Waals surface area (Å²) >= 11 is 0. The molecule has 6 aromatic heterocycles. The zero-order valence-corrected chi connectivity index (χ0v) is 21.4. The Hall–Kier alpha value is -5.06. The fourth-order valence-electron chi connectivity index (χ4n) is 5.35. The standard InChI is InChI=1S/C29H24FN9O/c30-23-22-21(15-34-24(23)17-12-18(14-31-13-17)35-29(40)16-6-2-1-3-7-16)38-39-26(22)28-36-25-19(9-11-33-27(25)37-28)20-8-4-5-10-32-20/h4-5,8-16H,1-3,6-7H2,(H,35,40)(H,38,39)(H,33,36,37). The van der Waals surface area contributed by atoms with Crippen LogP contribution in [0.5, 0.6) is 0 Å². The maximum absolute atomic E-state index is 16.1. The van der Waals surface area contributed by atoms with Crippen LogP contribution in [0.3, 0.4) is 0 Å². The highest BCUT2D eigenvalue weighted by molar-refractivity contribution is 5.97. The first-order valence-corrected chi connectivity index (χ1v) is 13.2. The second-order valence-electron chi connectivity index (χ2n) is 9.93. The van der Waals surface area contributed by atoms with Gasteiger partial charge in [0, 0.05) is 35.6 Å². The number of nitrogens with one attached hydrogen (secondary N) is 3. The number of anilines is 1. The van der Waals surface area contributed by atoms with E-state index in [1.54, 1.807) is 24.7 Å². The minimum atomic E-state index is -0.572. The lowest BCUT2D eigenvalue weighted by molar-refractivity contribution is -0.120. The van der Waals surface area contributed by atoms with Crippen molar-refractivity contribution >= 4 is 33.7 Å². The summed E-state index contributed by atoms with van der Waals surface area (Å²) in [6.45, 7) is 0. The molecule has 6 aromatic rings. The molecule has 40 heavy (non-hydrogen) atoms. The number of imidazole rings is 1. The highest BCUT2D eigenvalue weighted by atomic mass is 19.1. The molecule has 0 radical (unpaired) electrons. The summed E-state index contributed by atoms with van der Waals surface area (Å²) in [7, 11) is 0. The number of rotatable bonds is 5. The van der Waals surface area contributed by atoms with Gasteiger partial charge in [0.05, 0.1) is 40.2 Å². The Balaban J connectivity index is 1.26. The predicted molar refractivity (Wildman–Crippen MR) is 148 cm³/mol. The molecule has 0 atom stereocenters. The van der Waals surface area contributed by atoms with E-state index in [-0.39, 0.29) is 22.9 Å². The van der Waals surface area contributed by atoms with Crippen LogP contribution in [-0.2, 0) is 4.79 Å². The Labute approximate surface area is 227 Å². The van der Waals surface area contributed by atoms with Gasteiger partial charge in [-0.2, -0.15) is 5.10 Å². The highest BCUT2D eigenvalue weighted by Gasteiger charge is 2.23. The van der Waals surface area contributed by atoms with Crippen LogP contribution in [0, 0.1) is 11.7 Å². The van der Waals surface area contributed by atoms with Gasteiger partial charge in [0.15, 0.2) is 17.3 Å². The molecular formula is C29H24FN9O. The number of hydrogen-bond donors (Lipinski definition) is 3. The number of hydrogen-bond acceptors (Lipinski definition) is 7. The first-order valence-electron chi connectivity index (χ1n) is 13.2. The summed E-state index contributed by atoms with van der Waals surface area (Å²) < 4.78 is 16.1. The quantitative estimate of drug-likeness (QED) is 0.259. The predicted octanol–water partition coefficient (Wildman–Crippen LogP) is 5.68. The van der Waals surface area contributed by atoms with Gasteiger partial charge in [-0.3, -0.25) is 24.8 Å². The van der Waals surface area contributed by atoms with E-state index in [1.807, 2.05) is 24.3 Å². The molecular weight excluding hydrogens is 509 g/mol. The van der Waals surface area contributed by atoms with Gasteiger partial charge in [-0.05, 0) is 37.1 Å². The molecule has 7 rings (SSSR count). The molecule has 10 nitrogen and oxygen atoms in total. The molecule has 0 saturated heterocycles. The molecule has 11 heteroatoms. The lowest BCUT2D eigenvalue weighted by Crippen LogP contribution is -2.24. The van der Waals surface area contributed by atoms with E-state index < -0.39 is 5.82 Å². The number of aromatic amines is 2. The number of nitrogens with zero attached hydrogens (tertiary/aromatic N) is 6. The van der Waals surface area contributed by atoms with Crippen LogP contribution in [0.4, 0.5) is 10.1 Å². The average molecular weight is 534 g/mol. The highest BCUT2D eigenvalue weighted by Crippen LogP contribution is 2.34. The van der Waals surface area contributed by atoms with E-state index >= 15 is 4.39 Å². The van der Waals surface area contributed by atoms with Gasteiger partial charge >= 0.3 is 0 Å². The molecule has 1 aliphatic rings. The van der Waals surface area contributed by atoms with Gasteiger partial charge in [0.25, 0.3) is 0 Å². The van der Waals surface area contributed by atoms with Crippen molar-refractivity contribution in [1.29, 1.82) is 0 Å². The first-order chi connectivity index (χ1) is 19.7. The molecule has 1 aliphatic carbocycles. The number of aromatic nitrogens is 8. The van der Waals surface area contributed by atoms with Crippen molar-refractivity contribution in [3.05, 3.63) is 67.1 Å². The van der Waals surface area contributed by atoms with Gasteiger partial charge in [0.1, 0.15) is 11.4 Å². The Morgan fingerprint density at radius 2 is 1.88 bits per heavy atom. The largest absolute Gasteiger partial charge is 0.335 e. The summed E-state index contributed by atoms with van der Waals surface area (Å²) in [4.78, 5) is 38.0. The molecule has 0 spiro atoms. The van der Waals surface area contributed by atoms with Crippen molar-refractivity contribution in [2.45, 2.75) is 32.1 Å². The van der Waals surface area contributed by atoms with Crippen molar-refractivity contribution in [1.82, 2.24) is 40.1 Å². The Morgan fingerprint density at radius 1 is 0.975 bits per heavy atom. The number of amides is 1. The van der Waals surface area contributed by atoms with E-state index in [2.05, 4.69) is 45.4 Å². The van der Waals surface area contributed by atoms with Crippen molar-refractivity contribution in [3.63, 3.8) is 0 Å². The van der Waals surface area contributed by atoms with Gasteiger partial charge in [-0.1, -0.05) is 25.3 Å². The topological polar surface area (TPSA) is 138 Å². The van der Waals surface area contributed by atoms with Gasteiger partial charge < -0.3 is 10.3 Å². The zero-order chi connectivity index (χ0) is 27.1. The molecule has 198 valence electrons. The van der Waals surface area contributed by atoms with E-state index in [9.17, 15) is 4.79 Å². The molecule has 1 fully saturated rings. The van der Waals surface area contributed by atoms with Crippen molar-refractivity contribution in [2.75, 3.05) is 5.32 Å². The smallest absolute Gasteiger partial charge is 0.227 e. The lowest BCUT2D eigenvalue weighted by Gasteiger charge is -2.20. The maximum Gasteiger partial charge on any atom is 0.227 e. The number of carbonyl (C=O) groups excluding carboxylic acids is 1. The van der Waals surface area contributed by atoms with Crippen LogP contribution in [-0.4, -0.2) is 46.0 Å². The monoisotopic (exact) mass is 533 g/mol. The van der Waals surface area contributed by atoms with Crippen molar-refractivity contribution < 1.29 is 9.18 Å². The number of carbonyl (C=O) groups is 1. The minimum absolute atomic E-state index is 0.00593. The molecule has 0 aromatic carbocycles. The maximum atomic E-state index is 16.1. The SMILES string of the molecule is O=C(Nc1cncc(-c2ncc3[nH]nc(-c4nc5nccc(-c6ccccn6)c5[nH]4)c3c2F)c1)C1CCCCC1. The number of H-pyrrole nitrogens is 2. The van der Waals surface area contributed by atoms with Crippen molar-refractivity contribution in [2.24, 2.45) is 5.92 Å². The number of pyridine rings is 4. The van der Waals surface area contributed by atoms with Crippen molar-refractivity contribution in [3.8, 4) is 34.0 Å². The van der Waals surface area contributed by atoms with Crippen LogP contribution in [0.2, 0.25) is 0 Å². The second kappa shape index (κ2) is 9.92. The molecule has 3 N–H and O–H groups in total. The third-order valence-corrected chi connectivity index (χ3v) is 7.36. The van der Waals surface area contributed by atoms with Gasteiger partial charge in [-0.15, -0.1) is 0 Å². The third-order valence-electron chi connectivity index (χ3n) is 7.36. The van der Waals surface area contributed by atoms with Gasteiger partial charge in [-0.25, -0.2) is 14.4 Å². The van der Waals surface area contributed by atoms with E-state index in [0.29, 0.717) is 39.4 Å². The Bertz CT molecular complexity index is 1860. The van der Waals surface area contributed by atoms with Crippen LogP contribution in [0.15, 0.2) is 61.3 Å². The normalized spacial score (nSPS) is 14.1. The Morgan fingerprint density at radius 3 is 2.73 bits per heavy atom. The summed E-state index contributed by atoms with van der Waals surface area (Å²) in [5, 5.41) is 10.4. The fraction of sp³-hybridized carbons (Fsp3) is 0.207. The molecule has 0 unspecified atom stereocenters. The molecule has 1 saturated carbocycles. The van der Waals surface area contributed by atoms with Crippen LogP contribution in [0.1, 0.15) is 32.1 Å². The van der Waals surface area contributed by atoms with E-state index in [0.717, 1.165) is 36.9 Å². The molecule has 6 heterocycles. The summed E-state index contributed by atoms with van der Waals surface area (Å²) in [6.07, 6.45) is 13.0. The summed E-state index contributed by atoms with van der Waals surface area (Å²) in [5.41, 5.74) is 4.49. The Kier molecular flexibility index (Phi) is 5.95. The molecule has 0 bridgehead atoms. The van der Waals surface area contributed by atoms with Crippen LogP contribution in [0.25, 0.3) is 56.1 Å². The van der Waals surface area contributed by atoms with Crippen LogP contribution >= 0.6 is 0 Å². The van der Waals surface area contributed by atoms with Crippen LogP contribution < -0.4 is 5.32 Å². The fourth-order valence-corrected chi connectivity index (χ4v) is 5.35. The van der Waals surface area contributed by atoms with E-state index in [1.165, 1.54) is 18.8 Å². The zero-order valence-electron chi connectivity index (χ0n) is 21.4.